The summed E-state index contributed by atoms with van der Waals surface area (Å²) < 4.78 is 0. The summed E-state index contributed by atoms with van der Waals surface area (Å²) in [4.78, 5) is 0. The topological polar surface area (TPSA) is 0 Å². The predicted molar refractivity (Wildman–Crippen MR) is 45.0 cm³/mol. The number of rotatable bonds is 3. The summed E-state index contributed by atoms with van der Waals surface area (Å²) in [7, 11) is 4.59. The van der Waals surface area contributed by atoms with Gasteiger partial charge in [-0.25, -0.2) is 0 Å². The first-order valence-corrected chi connectivity index (χ1v) is 3.56. The van der Waals surface area contributed by atoms with Crippen LogP contribution in [0, 0.1) is 0 Å². The molecule has 0 bridgehead atoms. The van der Waals surface area contributed by atoms with Crippen LogP contribution < -0.4 is 0 Å². The van der Waals surface area contributed by atoms with Gasteiger partial charge in [0.15, 0.2) is 0 Å². The summed E-state index contributed by atoms with van der Waals surface area (Å²) >= 11 is 0. The molecule has 0 rings (SSSR count). The first-order chi connectivity index (χ1) is 3.56. The van der Waals surface area contributed by atoms with Crippen LogP contribution in [0.2, 0.25) is 5.21 Å². The lowest BCUT2D eigenvalue weighted by atomic mass is 9.54. The Kier molecular flexibility index (Phi) is 3.27. The smallest absolute Gasteiger partial charge is 0.0872 e. The van der Waals surface area contributed by atoms with Crippen LogP contribution in [0.3, 0.4) is 0 Å². The van der Waals surface area contributed by atoms with E-state index in [0.29, 0.717) is 5.21 Å². The Balaban J connectivity index is 3.11. The molecule has 0 nitrogen and oxygen atoms in total. The van der Waals surface area contributed by atoms with Crippen LogP contribution in [-0.4, -0.2) is 15.7 Å². The molecular weight excluding hydrogens is 93.7 g/mol. The molecule has 0 saturated carbocycles. The molecule has 0 aliphatic rings. The minimum absolute atomic E-state index is 0.552. The average molecular weight is 110 g/mol. The lowest BCUT2D eigenvalue weighted by molar-refractivity contribution is 0.661. The summed E-state index contributed by atoms with van der Waals surface area (Å²) in [5, 5.41) is 0.552. The SMILES string of the molecule is BC(B)(C)CCCC. The van der Waals surface area contributed by atoms with Crippen LogP contribution >= 0.6 is 0 Å². The van der Waals surface area contributed by atoms with E-state index in [0.717, 1.165) is 0 Å². The maximum Gasteiger partial charge on any atom is 0.0988 e. The number of unbranched alkanes of at least 4 members (excludes halogenated alkanes) is 1. The van der Waals surface area contributed by atoms with Crippen molar-refractivity contribution in [1.82, 2.24) is 0 Å². The van der Waals surface area contributed by atoms with Gasteiger partial charge in [-0.3, -0.25) is 0 Å². The molecule has 0 N–H and O–H groups in total. The average Bonchev–Trinajstić information content (AvgIpc) is 1.59. The van der Waals surface area contributed by atoms with Crippen molar-refractivity contribution < 1.29 is 0 Å². The number of hydrogen-bond donors (Lipinski definition) is 0. The second kappa shape index (κ2) is 3.21. The first kappa shape index (κ1) is 8.13. The van der Waals surface area contributed by atoms with Crippen molar-refractivity contribution in [2.75, 3.05) is 0 Å². The van der Waals surface area contributed by atoms with Gasteiger partial charge in [-0.15, -0.1) is 0 Å². The Morgan fingerprint density at radius 3 is 2.00 bits per heavy atom. The third-order valence-corrected chi connectivity index (χ3v) is 1.28. The summed E-state index contributed by atoms with van der Waals surface area (Å²) in [6.45, 7) is 4.54. The van der Waals surface area contributed by atoms with Crippen LogP contribution in [-0.2, 0) is 0 Å². The minimum Gasteiger partial charge on any atom is -0.0872 e. The molecule has 0 aromatic rings. The van der Waals surface area contributed by atoms with Gasteiger partial charge in [-0.1, -0.05) is 38.3 Å². The van der Waals surface area contributed by atoms with Crippen molar-refractivity contribution in [1.29, 1.82) is 0 Å². The second-order valence-electron chi connectivity index (χ2n) is 3.66. The molecule has 0 aromatic carbocycles. The molecule has 2 heteroatoms. The van der Waals surface area contributed by atoms with E-state index in [1.807, 2.05) is 0 Å². The Morgan fingerprint density at radius 2 is 1.88 bits per heavy atom. The summed E-state index contributed by atoms with van der Waals surface area (Å²) in [5.41, 5.74) is 0. The van der Waals surface area contributed by atoms with Crippen LogP contribution in [0.15, 0.2) is 0 Å². The van der Waals surface area contributed by atoms with E-state index < -0.39 is 0 Å². The van der Waals surface area contributed by atoms with Crippen molar-refractivity contribution in [2.45, 2.75) is 38.3 Å². The Bertz CT molecular complexity index is 54.0. The lowest BCUT2D eigenvalue weighted by Gasteiger charge is -2.16. The van der Waals surface area contributed by atoms with Crippen molar-refractivity contribution in [3.8, 4) is 0 Å². The molecule has 0 unspecified atom stereocenters. The van der Waals surface area contributed by atoms with Gasteiger partial charge in [0.25, 0.3) is 0 Å². The summed E-state index contributed by atoms with van der Waals surface area (Å²) in [6, 6.07) is 0. The van der Waals surface area contributed by atoms with E-state index in [-0.39, 0.29) is 0 Å². The molecule has 0 radical (unpaired) electrons. The molecule has 46 valence electrons. The van der Waals surface area contributed by atoms with Crippen LogP contribution in [0.1, 0.15) is 33.1 Å². The quantitative estimate of drug-likeness (QED) is 0.466. The van der Waals surface area contributed by atoms with E-state index in [1.165, 1.54) is 19.3 Å². The zero-order chi connectivity index (χ0) is 6.62. The van der Waals surface area contributed by atoms with E-state index in [4.69, 9.17) is 0 Å². The monoisotopic (exact) mass is 110 g/mol. The Hall–Kier alpha value is 0.130. The zero-order valence-corrected chi connectivity index (χ0v) is 6.62. The van der Waals surface area contributed by atoms with Crippen molar-refractivity contribution in [3.05, 3.63) is 0 Å². The fraction of sp³-hybridized carbons (Fsp3) is 1.00. The molecule has 0 heterocycles. The van der Waals surface area contributed by atoms with Crippen molar-refractivity contribution in [3.63, 3.8) is 0 Å². The molecule has 0 saturated heterocycles. The van der Waals surface area contributed by atoms with Crippen LogP contribution in [0.5, 0.6) is 0 Å². The van der Waals surface area contributed by atoms with Gasteiger partial charge in [-0.2, -0.15) is 0 Å². The molecule has 0 spiro atoms. The third-order valence-electron chi connectivity index (χ3n) is 1.28. The highest BCUT2D eigenvalue weighted by Crippen LogP contribution is 2.21. The molecule has 8 heavy (non-hydrogen) atoms. The summed E-state index contributed by atoms with van der Waals surface area (Å²) in [5.74, 6) is 0. The molecule has 0 atom stereocenters. The van der Waals surface area contributed by atoms with Gasteiger partial charge in [0.05, 0.1) is 15.7 Å². The van der Waals surface area contributed by atoms with E-state index in [9.17, 15) is 0 Å². The lowest BCUT2D eigenvalue weighted by Crippen LogP contribution is -2.06. The van der Waals surface area contributed by atoms with Crippen molar-refractivity contribution in [2.24, 2.45) is 0 Å². The predicted octanol–water partition coefficient (Wildman–Crippen LogP) is 0.579. The zero-order valence-electron chi connectivity index (χ0n) is 6.62. The van der Waals surface area contributed by atoms with Gasteiger partial charge in [0, 0.05) is 0 Å². The van der Waals surface area contributed by atoms with Gasteiger partial charge in [-0.05, 0) is 0 Å². The molecule has 0 fully saturated rings. The fourth-order valence-corrected chi connectivity index (χ4v) is 0.707. The maximum atomic E-state index is 2.29. The Morgan fingerprint density at radius 1 is 1.38 bits per heavy atom. The molecule has 0 aliphatic heterocycles. The standard InChI is InChI=1S/C6H16B2/c1-3-4-5-6(2,7)8/h3-5,7-8H2,1-2H3. The first-order valence-electron chi connectivity index (χ1n) is 3.56. The highest BCUT2D eigenvalue weighted by Gasteiger charge is 2.07. The highest BCUT2D eigenvalue weighted by molar-refractivity contribution is 6.39. The molecular formula is C6H16B2. The molecule has 0 aromatic heterocycles. The Labute approximate surface area is 54.9 Å². The largest absolute Gasteiger partial charge is 0.0988 e. The molecule has 0 amide bonds. The van der Waals surface area contributed by atoms with Crippen LogP contribution in [0.25, 0.3) is 0 Å². The highest BCUT2D eigenvalue weighted by atomic mass is 14.0. The fourth-order valence-electron chi connectivity index (χ4n) is 0.707. The maximum absolute atomic E-state index is 2.29. The van der Waals surface area contributed by atoms with E-state index in [1.54, 1.807) is 0 Å². The van der Waals surface area contributed by atoms with E-state index in [2.05, 4.69) is 29.5 Å². The number of hydrogen-bond acceptors (Lipinski definition) is 0. The van der Waals surface area contributed by atoms with Crippen molar-refractivity contribution >= 4 is 15.7 Å². The van der Waals surface area contributed by atoms with Gasteiger partial charge in [0.2, 0.25) is 0 Å². The summed E-state index contributed by atoms with van der Waals surface area (Å²) in [6.07, 6.45) is 4.07. The van der Waals surface area contributed by atoms with Crippen LogP contribution in [0.4, 0.5) is 0 Å². The van der Waals surface area contributed by atoms with Gasteiger partial charge >= 0.3 is 0 Å². The third kappa shape index (κ3) is 6.13. The second-order valence-corrected chi connectivity index (χ2v) is 3.66. The van der Waals surface area contributed by atoms with Gasteiger partial charge in [0.1, 0.15) is 0 Å². The molecule has 0 aliphatic carbocycles. The van der Waals surface area contributed by atoms with Gasteiger partial charge < -0.3 is 0 Å². The normalized spacial score (nSPS) is 11.8. The van der Waals surface area contributed by atoms with E-state index >= 15 is 0 Å². The minimum atomic E-state index is 0.552.